The van der Waals surface area contributed by atoms with Crippen molar-refractivity contribution in [2.75, 3.05) is 19.5 Å². The summed E-state index contributed by atoms with van der Waals surface area (Å²) in [4.78, 5) is 21.3. The number of anilines is 1. The second-order valence-electron chi connectivity index (χ2n) is 9.48. The summed E-state index contributed by atoms with van der Waals surface area (Å²) < 4.78 is 31.3. The van der Waals surface area contributed by atoms with Crippen LogP contribution in [0.25, 0.3) is 10.9 Å². The molecule has 1 aliphatic carbocycles. The monoisotopic (exact) mass is 541 g/mol. The molecule has 1 aliphatic rings. The molecule has 0 bridgehead atoms. The number of hydrogen-bond acceptors (Lipinski definition) is 8. The maximum atomic E-state index is 14.5. The summed E-state index contributed by atoms with van der Waals surface area (Å²) in [5.74, 6) is 1.75. The number of carbonyl (C=O) groups is 1. The normalized spacial score (nSPS) is 15.2. The first-order chi connectivity index (χ1) is 19.1. The predicted molar refractivity (Wildman–Crippen MR) is 153 cm³/mol. The zero-order valence-electron chi connectivity index (χ0n) is 22.7. The topological polar surface area (TPSA) is 121 Å². The number of allylic oxidation sites excluding steroid dienone is 2. The number of aromatic nitrogens is 2. The number of hydrogen-bond donors (Lipinski definition) is 3. The van der Waals surface area contributed by atoms with Gasteiger partial charge in [-0.05, 0) is 43.5 Å². The van der Waals surface area contributed by atoms with Crippen molar-refractivity contribution in [1.29, 1.82) is 0 Å². The van der Waals surface area contributed by atoms with E-state index >= 15 is 0 Å². The van der Waals surface area contributed by atoms with E-state index in [0.717, 1.165) is 12.5 Å². The number of amides is 1. The molecule has 1 heterocycles. The quantitative estimate of drug-likeness (QED) is 0.244. The van der Waals surface area contributed by atoms with Gasteiger partial charge in [-0.25, -0.2) is 9.97 Å². The van der Waals surface area contributed by atoms with Crippen LogP contribution >= 0.6 is 0 Å². The molecule has 2 aromatic carbocycles. The van der Waals surface area contributed by atoms with Crippen molar-refractivity contribution < 1.29 is 23.4 Å². The zero-order chi connectivity index (χ0) is 28.9. The molecule has 0 spiro atoms. The fourth-order valence-electron chi connectivity index (χ4n) is 4.55. The van der Waals surface area contributed by atoms with Crippen LogP contribution in [-0.4, -0.2) is 51.3 Å². The number of rotatable bonds is 11. The molecule has 1 aromatic heterocycles. The predicted octanol–water partition coefficient (Wildman–Crippen LogP) is 4.19. The molecule has 40 heavy (non-hydrogen) atoms. The van der Waals surface area contributed by atoms with Gasteiger partial charge < -0.3 is 30.6 Å². The highest BCUT2D eigenvalue weighted by molar-refractivity contribution is 6.39. The molecule has 204 valence electrons. The van der Waals surface area contributed by atoms with E-state index in [1.165, 1.54) is 6.33 Å². The number of benzene rings is 2. The van der Waals surface area contributed by atoms with Crippen molar-refractivity contribution in [3.05, 3.63) is 66.4 Å². The zero-order valence-corrected chi connectivity index (χ0v) is 22.7. The summed E-state index contributed by atoms with van der Waals surface area (Å²) in [6, 6.07) is 10.6. The summed E-state index contributed by atoms with van der Waals surface area (Å²) in [5.41, 5.74) is 3.59. The van der Waals surface area contributed by atoms with Crippen LogP contribution in [0.2, 0.25) is 0 Å². The van der Waals surface area contributed by atoms with Crippen LogP contribution in [0.5, 0.6) is 23.1 Å². The number of nitrogens with two attached hydrogens (primary N) is 1. The van der Waals surface area contributed by atoms with Crippen molar-refractivity contribution in [3.63, 3.8) is 0 Å². The van der Waals surface area contributed by atoms with E-state index in [-0.39, 0.29) is 5.70 Å². The number of fused-ring (bicyclic) bond motifs is 1. The number of carbonyl (C=O) groups excluding carboxylic acids is 1. The average molecular weight is 541 g/mol. The SMILES string of the molecule is [B]C([B])(F)C1(C(N)=CC(=O)N/C(=C/CC)Nc2cccc(Oc3ncnc4cc(OC)c(OC)cc34)c2)CCC1. The van der Waals surface area contributed by atoms with Crippen molar-refractivity contribution >= 4 is 38.2 Å². The van der Waals surface area contributed by atoms with Gasteiger partial charge in [0, 0.05) is 40.5 Å². The molecule has 1 saturated carbocycles. The van der Waals surface area contributed by atoms with Crippen LogP contribution in [0.3, 0.4) is 0 Å². The molecule has 0 aliphatic heterocycles. The Balaban J connectivity index is 1.51. The number of methoxy groups -OCH3 is 2. The molecule has 4 rings (SSSR count). The lowest BCUT2D eigenvalue weighted by Crippen LogP contribution is -2.54. The Morgan fingerprint density at radius 2 is 1.90 bits per heavy atom. The van der Waals surface area contributed by atoms with E-state index in [1.807, 2.05) is 13.0 Å². The van der Waals surface area contributed by atoms with Gasteiger partial charge in [0.15, 0.2) is 11.5 Å². The van der Waals surface area contributed by atoms with Crippen LogP contribution in [-0.2, 0) is 4.79 Å². The highest BCUT2D eigenvalue weighted by atomic mass is 19.1. The summed E-state index contributed by atoms with van der Waals surface area (Å²) in [6.07, 6.45) is 6.42. The van der Waals surface area contributed by atoms with Gasteiger partial charge in [0.2, 0.25) is 5.88 Å². The van der Waals surface area contributed by atoms with Gasteiger partial charge in [0.25, 0.3) is 5.91 Å². The molecule has 1 fully saturated rings. The number of halogens is 1. The maximum Gasteiger partial charge on any atom is 0.251 e. The van der Waals surface area contributed by atoms with Gasteiger partial charge in [0.1, 0.15) is 33.6 Å². The average Bonchev–Trinajstić information content (AvgIpc) is 2.86. The van der Waals surface area contributed by atoms with E-state index < -0.39 is 16.8 Å². The van der Waals surface area contributed by atoms with Gasteiger partial charge in [0.05, 0.1) is 25.1 Å². The number of ether oxygens (including phenoxy) is 3. The smallest absolute Gasteiger partial charge is 0.251 e. The van der Waals surface area contributed by atoms with Crippen LogP contribution in [0.1, 0.15) is 32.6 Å². The maximum absolute atomic E-state index is 14.5. The second kappa shape index (κ2) is 11.9. The molecule has 1 amide bonds. The number of nitrogens with zero attached hydrogens (tertiary/aromatic N) is 2. The Labute approximate surface area is 235 Å². The Hall–Kier alpha value is -4.21. The first-order valence-electron chi connectivity index (χ1n) is 12.8. The summed E-state index contributed by atoms with van der Waals surface area (Å²) in [5, 5.41) is 6.55. The molecule has 0 atom stereocenters. The largest absolute Gasteiger partial charge is 0.493 e. The molecular formula is C28H30B2FN5O4. The van der Waals surface area contributed by atoms with Crippen molar-refractivity contribution in [3.8, 4) is 23.1 Å². The van der Waals surface area contributed by atoms with Crippen molar-refractivity contribution in [2.45, 2.75) is 38.1 Å². The minimum atomic E-state index is -2.51. The lowest BCUT2D eigenvalue weighted by atomic mass is 9.44. The second-order valence-corrected chi connectivity index (χ2v) is 9.48. The lowest BCUT2D eigenvalue weighted by Gasteiger charge is -2.50. The molecule has 4 radical (unpaired) electrons. The first kappa shape index (κ1) is 28.8. The minimum absolute atomic E-state index is 0.0151. The highest BCUT2D eigenvalue weighted by Gasteiger charge is 2.51. The first-order valence-corrected chi connectivity index (χ1v) is 12.8. The van der Waals surface area contributed by atoms with Crippen LogP contribution in [0.4, 0.5) is 10.1 Å². The third-order valence-electron chi connectivity index (χ3n) is 6.88. The summed E-state index contributed by atoms with van der Waals surface area (Å²) in [7, 11) is 14.2. The Morgan fingerprint density at radius 3 is 2.52 bits per heavy atom. The van der Waals surface area contributed by atoms with E-state index in [1.54, 1.807) is 50.6 Å². The molecule has 12 heteroatoms. The molecule has 4 N–H and O–H groups in total. The minimum Gasteiger partial charge on any atom is -0.493 e. The van der Waals surface area contributed by atoms with Gasteiger partial charge in [-0.1, -0.05) is 19.4 Å². The standard InChI is InChI=1S/C28H30B2FN5O4/c1-4-7-24(36-25(37)15-23(32)27(10-6-11-27)28(29,30)31)35-17-8-5-9-18(12-17)40-26-19-13-21(38-2)22(39-3)14-20(19)33-16-34-26/h5,7-9,12-16,35H,4,6,10-11,32H2,1-3H3,(H,36,37)/b23-15?,24-7+. The molecule has 0 saturated heterocycles. The van der Waals surface area contributed by atoms with Gasteiger partial charge in [-0.3, -0.25) is 9.18 Å². The number of nitrogens with one attached hydrogen (secondary N) is 2. The fraction of sp³-hybridized carbons (Fsp3) is 0.321. The Bertz CT molecular complexity index is 1450. The van der Waals surface area contributed by atoms with Crippen molar-refractivity contribution in [1.82, 2.24) is 15.3 Å². The van der Waals surface area contributed by atoms with E-state index in [2.05, 4.69) is 20.6 Å². The third kappa shape index (κ3) is 6.00. The Morgan fingerprint density at radius 1 is 1.18 bits per heavy atom. The van der Waals surface area contributed by atoms with E-state index in [9.17, 15) is 9.18 Å². The van der Waals surface area contributed by atoms with Gasteiger partial charge in [-0.2, -0.15) is 0 Å². The van der Waals surface area contributed by atoms with Crippen LogP contribution < -0.4 is 30.6 Å². The van der Waals surface area contributed by atoms with E-state index in [0.29, 0.717) is 64.8 Å². The highest BCUT2D eigenvalue weighted by Crippen LogP contribution is 2.52. The van der Waals surface area contributed by atoms with Crippen molar-refractivity contribution in [2.24, 2.45) is 11.1 Å². The summed E-state index contributed by atoms with van der Waals surface area (Å²) >= 11 is 0. The molecule has 9 nitrogen and oxygen atoms in total. The van der Waals surface area contributed by atoms with Crippen LogP contribution in [0.15, 0.2) is 66.4 Å². The fourth-order valence-corrected chi connectivity index (χ4v) is 4.55. The number of alkyl halides is 1. The van der Waals surface area contributed by atoms with Gasteiger partial charge in [-0.15, -0.1) is 0 Å². The van der Waals surface area contributed by atoms with Crippen LogP contribution in [0, 0.1) is 5.41 Å². The molecule has 3 aromatic rings. The molecular weight excluding hydrogens is 511 g/mol. The van der Waals surface area contributed by atoms with E-state index in [4.69, 9.17) is 35.6 Å². The lowest BCUT2D eigenvalue weighted by molar-refractivity contribution is -0.116. The molecule has 0 unspecified atom stereocenters. The third-order valence-corrected chi connectivity index (χ3v) is 6.88. The van der Waals surface area contributed by atoms with Gasteiger partial charge >= 0.3 is 0 Å². The summed E-state index contributed by atoms with van der Waals surface area (Å²) in [6.45, 7) is 1.92. The Kier molecular flexibility index (Phi) is 8.56.